The molecule has 5 heteroatoms. The van der Waals surface area contributed by atoms with Gasteiger partial charge >= 0.3 is 0 Å². The van der Waals surface area contributed by atoms with Crippen molar-refractivity contribution in [3.63, 3.8) is 0 Å². The molecule has 1 N–H and O–H groups in total. The average molecular weight is 327 g/mol. The molecule has 0 unspecified atom stereocenters. The lowest BCUT2D eigenvalue weighted by Gasteiger charge is -2.38. The lowest BCUT2D eigenvalue weighted by atomic mass is 10.0. The first-order chi connectivity index (χ1) is 10.3. The minimum absolute atomic E-state index is 0.168. The van der Waals surface area contributed by atoms with E-state index in [1.54, 1.807) is 0 Å². The number of nitrogens with one attached hydrogen (secondary N) is 1. The molecule has 1 aromatic carbocycles. The molecule has 0 radical (unpaired) electrons. The van der Waals surface area contributed by atoms with E-state index in [0.29, 0.717) is 6.04 Å². The third-order valence-electron chi connectivity index (χ3n) is 4.18. The van der Waals surface area contributed by atoms with Gasteiger partial charge in [-0.05, 0) is 43.7 Å². The zero-order valence-corrected chi connectivity index (χ0v) is 13.9. The van der Waals surface area contributed by atoms with Gasteiger partial charge in [0.15, 0.2) is 0 Å². The van der Waals surface area contributed by atoms with Crippen molar-refractivity contribution in [2.24, 2.45) is 0 Å². The van der Waals surface area contributed by atoms with Crippen molar-refractivity contribution in [1.82, 2.24) is 4.90 Å². The van der Waals surface area contributed by atoms with Crippen molar-refractivity contribution in [3.8, 4) is 0 Å². The topological polar surface area (TPSA) is 15.3 Å². The summed E-state index contributed by atoms with van der Waals surface area (Å²) in [5, 5.41) is 3.57. The Morgan fingerprint density at radius 3 is 2.52 bits per heavy atom. The van der Waals surface area contributed by atoms with Gasteiger partial charge in [0.25, 0.3) is 0 Å². The molecule has 3 rings (SSSR count). The van der Waals surface area contributed by atoms with Gasteiger partial charge in [-0.25, -0.2) is 4.39 Å². The summed E-state index contributed by atoms with van der Waals surface area (Å²) in [5.74, 6) is 4.98. The molecule has 1 atom stereocenters. The zero-order chi connectivity index (χ0) is 14.5. The Morgan fingerprint density at radius 1 is 1.10 bits per heavy atom. The maximum atomic E-state index is 13.0. The minimum atomic E-state index is -0.168. The fourth-order valence-corrected chi connectivity index (χ4v) is 5.68. The maximum absolute atomic E-state index is 13.0. The molecule has 21 heavy (non-hydrogen) atoms. The minimum Gasteiger partial charge on any atom is -0.381 e. The second-order valence-electron chi connectivity index (χ2n) is 5.79. The highest BCUT2D eigenvalue weighted by Gasteiger charge is 2.26. The Balaban J connectivity index is 1.56. The first-order valence-corrected chi connectivity index (χ1v) is 10.0. The van der Waals surface area contributed by atoms with E-state index in [1.165, 1.54) is 54.5 Å². The Morgan fingerprint density at radius 2 is 1.81 bits per heavy atom. The van der Waals surface area contributed by atoms with Crippen molar-refractivity contribution >= 4 is 29.2 Å². The fraction of sp³-hybridized carbons (Fsp3) is 0.625. The highest BCUT2D eigenvalue weighted by atomic mass is 32.2. The van der Waals surface area contributed by atoms with Crippen LogP contribution in [-0.2, 0) is 0 Å². The summed E-state index contributed by atoms with van der Waals surface area (Å²) in [6, 6.07) is 7.95. The number of thioether (sulfide) groups is 2. The van der Waals surface area contributed by atoms with Crippen molar-refractivity contribution in [2.75, 3.05) is 41.4 Å². The van der Waals surface area contributed by atoms with Gasteiger partial charge < -0.3 is 5.32 Å². The van der Waals surface area contributed by atoms with Gasteiger partial charge in [0, 0.05) is 47.3 Å². The molecular formula is C16H23FN2S2. The largest absolute Gasteiger partial charge is 0.381 e. The molecule has 2 heterocycles. The van der Waals surface area contributed by atoms with E-state index in [4.69, 9.17) is 0 Å². The fourth-order valence-electron chi connectivity index (χ4n) is 3.05. The number of nitrogens with zero attached hydrogens (tertiary/aromatic N) is 1. The summed E-state index contributed by atoms with van der Waals surface area (Å²) in [5.41, 5.74) is 1.04. The quantitative estimate of drug-likeness (QED) is 0.913. The Labute approximate surface area is 135 Å². The van der Waals surface area contributed by atoms with Gasteiger partial charge in [0.05, 0.1) is 0 Å². The molecule has 0 saturated carbocycles. The van der Waals surface area contributed by atoms with Gasteiger partial charge in [0.2, 0.25) is 0 Å². The second kappa shape index (κ2) is 7.75. The molecule has 2 aliphatic rings. The van der Waals surface area contributed by atoms with Crippen LogP contribution in [0.3, 0.4) is 0 Å². The Hall–Kier alpha value is -0.390. The molecule has 1 aromatic rings. The number of hydrogen-bond donors (Lipinski definition) is 1. The average Bonchev–Trinajstić information content (AvgIpc) is 2.79. The molecule has 0 amide bonds. The van der Waals surface area contributed by atoms with Gasteiger partial charge in [-0.3, -0.25) is 4.90 Å². The predicted octanol–water partition coefficient (Wildman–Crippen LogP) is 3.55. The van der Waals surface area contributed by atoms with Gasteiger partial charge in [-0.1, -0.05) is 0 Å². The molecule has 0 bridgehead atoms. The SMILES string of the molecule is Fc1ccc(N[C@@H]2CCCN(C3CSCCSC3)C2)cc1. The zero-order valence-electron chi connectivity index (χ0n) is 12.3. The van der Waals surface area contributed by atoms with Crippen molar-refractivity contribution in [1.29, 1.82) is 0 Å². The third-order valence-corrected chi connectivity index (χ3v) is 6.66. The number of hydrogen-bond acceptors (Lipinski definition) is 4. The van der Waals surface area contributed by atoms with Crippen LogP contribution in [0.4, 0.5) is 10.1 Å². The van der Waals surface area contributed by atoms with Crippen LogP contribution in [-0.4, -0.2) is 53.1 Å². The van der Waals surface area contributed by atoms with E-state index in [2.05, 4.69) is 33.7 Å². The summed E-state index contributed by atoms with van der Waals surface area (Å²) < 4.78 is 13.0. The van der Waals surface area contributed by atoms with Crippen LogP contribution in [0.25, 0.3) is 0 Å². The monoisotopic (exact) mass is 326 g/mol. The number of halogens is 1. The predicted molar refractivity (Wildman–Crippen MR) is 93.1 cm³/mol. The normalized spacial score (nSPS) is 25.5. The molecular weight excluding hydrogens is 303 g/mol. The summed E-state index contributed by atoms with van der Waals surface area (Å²) in [4.78, 5) is 2.66. The molecule has 2 fully saturated rings. The number of rotatable bonds is 3. The van der Waals surface area contributed by atoms with Crippen LogP contribution in [0.5, 0.6) is 0 Å². The molecule has 2 saturated heterocycles. The summed E-state index contributed by atoms with van der Waals surface area (Å²) in [6.07, 6.45) is 2.46. The Bertz CT molecular complexity index is 432. The second-order valence-corrected chi connectivity index (χ2v) is 8.09. The molecule has 2 nitrogen and oxygen atoms in total. The van der Waals surface area contributed by atoms with Crippen molar-refractivity contribution in [3.05, 3.63) is 30.1 Å². The van der Waals surface area contributed by atoms with E-state index in [-0.39, 0.29) is 5.82 Å². The van der Waals surface area contributed by atoms with Crippen LogP contribution in [0.15, 0.2) is 24.3 Å². The first kappa shape index (κ1) is 15.5. The molecule has 0 aliphatic carbocycles. The van der Waals surface area contributed by atoms with E-state index in [0.717, 1.165) is 18.3 Å². The Kier molecular flexibility index (Phi) is 5.72. The maximum Gasteiger partial charge on any atom is 0.123 e. The number of anilines is 1. The number of likely N-dealkylation sites (tertiary alicyclic amines) is 1. The standard InChI is InChI=1S/C16H23FN2S2/c17-13-3-5-14(6-4-13)18-15-2-1-7-19(10-15)16-11-20-8-9-21-12-16/h3-6,15-16,18H,1-2,7-12H2/t15-/m1/s1. The lowest BCUT2D eigenvalue weighted by molar-refractivity contribution is 0.180. The van der Waals surface area contributed by atoms with Crippen LogP contribution >= 0.6 is 23.5 Å². The van der Waals surface area contributed by atoms with Gasteiger partial charge in [-0.2, -0.15) is 23.5 Å². The van der Waals surface area contributed by atoms with Crippen LogP contribution < -0.4 is 5.32 Å². The first-order valence-electron chi connectivity index (χ1n) is 7.73. The van der Waals surface area contributed by atoms with Crippen molar-refractivity contribution < 1.29 is 4.39 Å². The van der Waals surface area contributed by atoms with Crippen LogP contribution in [0, 0.1) is 5.82 Å². The molecule has 0 spiro atoms. The van der Waals surface area contributed by atoms with E-state index in [1.807, 2.05) is 12.1 Å². The van der Waals surface area contributed by atoms with Crippen LogP contribution in [0.2, 0.25) is 0 Å². The van der Waals surface area contributed by atoms with E-state index >= 15 is 0 Å². The number of piperidine rings is 1. The summed E-state index contributed by atoms with van der Waals surface area (Å²) in [7, 11) is 0. The van der Waals surface area contributed by atoms with E-state index in [9.17, 15) is 4.39 Å². The highest BCUT2D eigenvalue weighted by molar-refractivity contribution is 8.03. The smallest absolute Gasteiger partial charge is 0.123 e. The van der Waals surface area contributed by atoms with Crippen LogP contribution in [0.1, 0.15) is 12.8 Å². The summed E-state index contributed by atoms with van der Waals surface area (Å²) in [6.45, 7) is 2.34. The number of benzene rings is 1. The highest BCUT2D eigenvalue weighted by Crippen LogP contribution is 2.24. The lowest BCUT2D eigenvalue weighted by Crippen LogP contribution is -2.48. The molecule has 116 valence electrons. The van der Waals surface area contributed by atoms with E-state index < -0.39 is 0 Å². The van der Waals surface area contributed by atoms with Crippen molar-refractivity contribution in [2.45, 2.75) is 24.9 Å². The van der Waals surface area contributed by atoms with Gasteiger partial charge in [0.1, 0.15) is 5.82 Å². The summed E-state index contributed by atoms with van der Waals surface area (Å²) >= 11 is 4.20. The molecule has 0 aromatic heterocycles. The van der Waals surface area contributed by atoms with Gasteiger partial charge in [-0.15, -0.1) is 0 Å². The molecule has 2 aliphatic heterocycles. The third kappa shape index (κ3) is 4.54.